The molecule has 11 heavy (non-hydrogen) atoms. The second-order valence-electron chi connectivity index (χ2n) is 2.55. The summed E-state index contributed by atoms with van der Waals surface area (Å²) in [7, 11) is 0. The zero-order chi connectivity index (χ0) is 9.11. The van der Waals surface area contributed by atoms with Gasteiger partial charge in [0.25, 0.3) is 0 Å². The fraction of sp³-hybridized carbons (Fsp3) is 1.00. The van der Waals surface area contributed by atoms with Crippen LogP contribution in [-0.2, 0) is 0 Å². The quantitative estimate of drug-likeness (QED) is 0.654. The van der Waals surface area contributed by atoms with Gasteiger partial charge in [-0.25, -0.2) is 0 Å². The first kappa shape index (κ1) is 13.5. The molecule has 0 amide bonds. The average molecular weight is 160 g/mol. The Hall–Kier alpha value is -0.0400. The molecule has 1 nitrogen and oxygen atoms in total. The van der Waals surface area contributed by atoms with Crippen LogP contribution in [0.3, 0.4) is 0 Å². The molecule has 0 aromatic rings. The minimum atomic E-state index is 0.358. The van der Waals surface area contributed by atoms with Gasteiger partial charge < -0.3 is 5.11 Å². The van der Waals surface area contributed by atoms with E-state index in [1.165, 1.54) is 19.3 Å². The summed E-state index contributed by atoms with van der Waals surface area (Å²) < 4.78 is 0. The van der Waals surface area contributed by atoms with E-state index in [-0.39, 0.29) is 0 Å². The van der Waals surface area contributed by atoms with Crippen LogP contribution in [0.5, 0.6) is 0 Å². The number of hydrogen-bond acceptors (Lipinski definition) is 1. The molecule has 0 bridgehead atoms. The normalized spacial score (nSPS) is 9.27. The molecule has 0 atom stereocenters. The van der Waals surface area contributed by atoms with Gasteiger partial charge in [0.15, 0.2) is 0 Å². The van der Waals surface area contributed by atoms with E-state index in [2.05, 4.69) is 13.8 Å². The molecule has 0 aromatic carbocycles. The summed E-state index contributed by atoms with van der Waals surface area (Å²) in [4.78, 5) is 0. The van der Waals surface area contributed by atoms with Gasteiger partial charge in [0.1, 0.15) is 0 Å². The van der Waals surface area contributed by atoms with E-state index in [0.29, 0.717) is 6.61 Å². The van der Waals surface area contributed by atoms with E-state index >= 15 is 0 Å². The lowest BCUT2D eigenvalue weighted by molar-refractivity contribution is 0.268. The average Bonchev–Trinajstić information content (AvgIpc) is 2.10. The van der Waals surface area contributed by atoms with Gasteiger partial charge in [0.05, 0.1) is 0 Å². The Morgan fingerprint density at radius 3 is 1.82 bits per heavy atom. The third-order valence-electron chi connectivity index (χ3n) is 1.93. The van der Waals surface area contributed by atoms with Crippen molar-refractivity contribution in [2.75, 3.05) is 6.61 Å². The fourth-order valence-electron chi connectivity index (χ4n) is 1.08. The molecule has 0 aliphatic carbocycles. The van der Waals surface area contributed by atoms with Crippen molar-refractivity contribution in [1.29, 1.82) is 0 Å². The maximum Gasteiger partial charge on any atom is 0.0431 e. The smallest absolute Gasteiger partial charge is 0.0431 e. The summed E-state index contributed by atoms with van der Waals surface area (Å²) in [6.45, 7) is 8.79. The molecule has 1 N–H and O–H groups in total. The zero-order valence-corrected chi connectivity index (χ0v) is 8.56. The topological polar surface area (TPSA) is 20.2 Å². The SMILES string of the molecule is CC.CCC(CC)CCCO. The number of hydrogen-bond donors (Lipinski definition) is 1. The second kappa shape index (κ2) is 12.6. The van der Waals surface area contributed by atoms with Crippen molar-refractivity contribution in [2.24, 2.45) is 5.92 Å². The molecule has 0 aromatic heterocycles. The lowest BCUT2D eigenvalue weighted by Crippen LogP contribution is -1.97. The highest BCUT2D eigenvalue weighted by molar-refractivity contribution is 4.53. The van der Waals surface area contributed by atoms with Crippen LogP contribution in [0.2, 0.25) is 0 Å². The predicted octanol–water partition coefficient (Wildman–Crippen LogP) is 3.22. The van der Waals surface area contributed by atoms with Crippen LogP contribution < -0.4 is 0 Å². The molecular weight excluding hydrogens is 136 g/mol. The van der Waals surface area contributed by atoms with Crippen LogP contribution >= 0.6 is 0 Å². The standard InChI is InChI=1S/C8H18O.C2H6/c1-3-8(4-2)6-5-7-9;1-2/h8-9H,3-7H2,1-2H3;1-2H3. The van der Waals surface area contributed by atoms with Gasteiger partial charge in [-0.2, -0.15) is 0 Å². The maximum absolute atomic E-state index is 8.51. The summed E-state index contributed by atoms with van der Waals surface area (Å²) in [5.41, 5.74) is 0. The van der Waals surface area contributed by atoms with E-state index in [1.807, 2.05) is 13.8 Å². The molecule has 0 aliphatic rings. The first-order valence-electron chi connectivity index (χ1n) is 4.96. The zero-order valence-electron chi connectivity index (χ0n) is 8.56. The highest BCUT2D eigenvalue weighted by atomic mass is 16.2. The third-order valence-corrected chi connectivity index (χ3v) is 1.93. The Morgan fingerprint density at radius 1 is 1.09 bits per heavy atom. The highest BCUT2D eigenvalue weighted by Crippen LogP contribution is 2.13. The predicted molar refractivity (Wildman–Crippen MR) is 51.7 cm³/mol. The maximum atomic E-state index is 8.51. The highest BCUT2D eigenvalue weighted by Gasteiger charge is 2.00. The summed E-state index contributed by atoms with van der Waals surface area (Å²) in [5, 5.41) is 8.51. The number of aliphatic hydroxyl groups excluding tert-OH is 1. The fourth-order valence-corrected chi connectivity index (χ4v) is 1.08. The van der Waals surface area contributed by atoms with Gasteiger partial charge in [-0.15, -0.1) is 0 Å². The molecule has 1 heteroatoms. The molecule has 0 rings (SSSR count). The largest absolute Gasteiger partial charge is 0.396 e. The summed E-state index contributed by atoms with van der Waals surface area (Å²) in [6, 6.07) is 0. The van der Waals surface area contributed by atoms with E-state index in [4.69, 9.17) is 5.11 Å². The summed E-state index contributed by atoms with van der Waals surface area (Å²) >= 11 is 0. The molecule has 0 heterocycles. The number of rotatable bonds is 5. The van der Waals surface area contributed by atoms with Crippen LogP contribution in [-0.4, -0.2) is 11.7 Å². The van der Waals surface area contributed by atoms with E-state index in [9.17, 15) is 0 Å². The Kier molecular flexibility index (Phi) is 15.5. The molecule has 0 aliphatic heterocycles. The van der Waals surface area contributed by atoms with Crippen molar-refractivity contribution < 1.29 is 5.11 Å². The Bertz CT molecular complexity index is 48.8. The first-order valence-corrected chi connectivity index (χ1v) is 4.96. The second-order valence-corrected chi connectivity index (χ2v) is 2.55. The Balaban J connectivity index is 0. The first-order chi connectivity index (χ1) is 5.35. The molecule has 0 radical (unpaired) electrons. The third kappa shape index (κ3) is 9.96. The minimum absolute atomic E-state index is 0.358. The van der Waals surface area contributed by atoms with Crippen LogP contribution in [0, 0.1) is 5.92 Å². The summed E-state index contributed by atoms with van der Waals surface area (Å²) in [5.74, 6) is 0.845. The van der Waals surface area contributed by atoms with Gasteiger partial charge in [0, 0.05) is 6.61 Å². The van der Waals surface area contributed by atoms with Gasteiger partial charge in [-0.1, -0.05) is 40.5 Å². The van der Waals surface area contributed by atoms with E-state index in [1.54, 1.807) is 0 Å². The van der Waals surface area contributed by atoms with E-state index in [0.717, 1.165) is 12.3 Å². The van der Waals surface area contributed by atoms with Gasteiger partial charge in [-0.3, -0.25) is 0 Å². The summed E-state index contributed by atoms with van der Waals surface area (Å²) in [6.07, 6.45) is 4.70. The van der Waals surface area contributed by atoms with Crippen molar-refractivity contribution in [3.05, 3.63) is 0 Å². The molecule has 0 spiro atoms. The number of aliphatic hydroxyl groups is 1. The van der Waals surface area contributed by atoms with Crippen molar-refractivity contribution in [1.82, 2.24) is 0 Å². The Labute approximate surface area is 71.8 Å². The monoisotopic (exact) mass is 160 g/mol. The molecular formula is C10H24O. The molecule has 70 valence electrons. The minimum Gasteiger partial charge on any atom is -0.396 e. The van der Waals surface area contributed by atoms with Crippen molar-refractivity contribution in [3.63, 3.8) is 0 Å². The van der Waals surface area contributed by atoms with Crippen LogP contribution in [0.25, 0.3) is 0 Å². The lowest BCUT2D eigenvalue weighted by atomic mass is 9.98. The lowest BCUT2D eigenvalue weighted by Gasteiger charge is -2.09. The van der Waals surface area contributed by atoms with Crippen LogP contribution in [0.1, 0.15) is 53.4 Å². The van der Waals surface area contributed by atoms with Gasteiger partial charge in [0.2, 0.25) is 0 Å². The van der Waals surface area contributed by atoms with Crippen molar-refractivity contribution in [2.45, 2.75) is 53.4 Å². The Morgan fingerprint density at radius 2 is 1.55 bits per heavy atom. The molecule has 0 saturated heterocycles. The molecule has 0 saturated carbocycles. The van der Waals surface area contributed by atoms with Crippen molar-refractivity contribution >= 4 is 0 Å². The van der Waals surface area contributed by atoms with E-state index < -0.39 is 0 Å². The van der Waals surface area contributed by atoms with Gasteiger partial charge >= 0.3 is 0 Å². The van der Waals surface area contributed by atoms with Gasteiger partial charge in [-0.05, 0) is 18.8 Å². The van der Waals surface area contributed by atoms with Crippen LogP contribution in [0.4, 0.5) is 0 Å². The van der Waals surface area contributed by atoms with Crippen molar-refractivity contribution in [3.8, 4) is 0 Å². The molecule has 0 fully saturated rings. The van der Waals surface area contributed by atoms with Crippen LogP contribution in [0.15, 0.2) is 0 Å². The molecule has 0 unspecified atom stereocenters.